The maximum Gasteiger partial charge on any atom is 0.266 e. The van der Waals surface area contributed by atoms with Crippen LogP contribution >= 0.6 is 24.0 Å². The monoisotopic (exact) mass is 477 g/mol. The van der Waals surface area contributed by atoms with E-state index in [-0.39, 0.29) is 5.91 Å². The molecule has 6 nitrogen and oxygen atoms in total. The van der Waals surface area contributed by atoms with E-state index in [1.54, 1.807) is 4.90 Å². The highest BCUT2D eigenvalue weighted by atomic mass is 32.2. The molecule has 1 amide bonds. The molecule has 0 saturated carbocycles. The van der Waals surface area contributed by atoms with Gasteiger partial charge in [-0.3, -0.25) is 9.69 Å². The fourth-order valence-corrected chi connectivity index (χ4v) is 5.07. The van der Waals surface area contributed by atoms with E-state index in [4.69, 9.17) is 26.8 Å². The molecule has 5 rings (SSSR count). The highest BCUT2D eigenvalue weighted by Crippen LogP contribution is 2.38. The third kappa shape index (κ3) is 4.41. The van der Waals surface area contributed by atoms with Gasteiger partial charge in [0.1, 0.15) is 23.2 Å². The van der Waals surface area contributed by atoms with Crippen molar-refractivity contribution in [3.05, 3.63) is 65.2 Å². The molecule has 0 spiro atoms. The molecule has 1 aromatic heterocycles. The molecule has 0 unspecified atom stereocenters. The number of amides is 1. The van der Waals surface area contributed by atoms with Crippen LogP contribution in [0.15, 0.2) is 59.6 Å². The Morgan fingerprint density at radius 2 is 1.91 bits per heavy atom. The lowest BCUT2D eigenvalue weighted by Crippen LogP contribution is -2.28. The molecule has 8 heteroatoms. The standard InChI is InChI=1S/C25H23N3O3S2/c1-2-3-11-27-24(29)22(33-25(27)32)15-18-16-28(19-7-5-4-6-8-19)26-23(18)17-9-10-20-21(14-17)31-13-12-30-20/h4-10,14-16H,2-3,11-13H2,1H3/b22-15-. The van der Waals surface area contributed by atoms with Crippen LogP contribution in [0.3, 0.4) is 0 Å². The summed E-state index contributed by atoms with van der Waals surface area (Å²) in [4.78, 5) is 15.3. The van der Waals surface area contributed by atoms with E-state index in [2.05, 4.69) is 6.92 Å². The highest BCUT2D eigenvalue weighted by molar-refractivity contribution is 8.26. The van der Waals surface area contributed by atoms with E-state index < -0.39 is 0 Å². The number of hydrogen-bond donors (Lipinski definition) is 0. The largest absolute Gasteiger partial charge is 0.486 e. The summed E-state index contributed by atoms with van der Waals surface area (Å²) in [6.45, 7) is 3.81. The number of rotatable bonds is 6. The minimum atomic E-state index is -0.0426. The first-order valence-corrected chi connectivity index (χ1v) is 12.2. The molecule has 0 atom stereocenters. The molecule has 1 saturated heterocycles. The first kappa shape index (κ1) is 21.7. The number of aromatic nitrogens is 2. The van der Waals surface area contributed by atoms with Crippen molar-refractivity contribution in [1.82, 2.24) is 14.7 Å². The van der Waals surface area contributed by atoms with E-state index in [0.29, 0.717) is 34.7 Å². The van der Waals surface area contributed by atoms with Crippen LogP contribution < -0.4 is 9.47 Å². The van der Waals surface area contributed by atoms with Crippen molar-refractivity contribution in [2.75, 3.05) is 19.8 Å². The zero-order valence-corrected chi connectivity index (χ0v) is 19.8. The molecule has 2 aliphatic heterocycles. The van der Waals surface area contributed by atoms with Gasteiger partial charge in [-0.25, -0.2) is 4.68 Å². The van der Waals surface area contributed by atoms with E-state index in [9.17, 15) is 4.79 Å². The molecule has 2 aromatic carbocycles. The van der Waals surface area contributed by atoms with Crippen LogP contribution in [0, 0.1) is 0 Å². The summed E-state index contributed by atoms with van der Waals surface area (Å²) < 4.78 is 13.9. The van der Waals surface area contributed by atoms with Gasteiger partial charge in [0.05, 0.1) is 10.6 Å². The Labute approximate surface area is 202 Å². The average molecular weight is 478 g/mol. The lowest BCUT2D eigenvalue weighted by atomic mass is 10.1. The van der Waals surface area contributed by atoms with Gasteiger partial charge in [0.25, 0.3) is 5.91 Å². The van der Waals surface area contributed by atoms with Crippen LogP contribution in [-0.4, -0.2) is 44.7 Å². The maximum absolute atomic E-state index is 13.0. The van der Waals surface area contributed by atoms with Crippen molar-refractivity contribution in [2.24, 2.45) is 0 Å². The van der Waals surface area contributed by atoms with Gasteiger partial charge in [0.15, 0.2) is 11.5 Å². The molecular weight excluding hydrogens is 454 g/mol. The first-order valence-electron chi connectivity index (χ1n) is 10.9. The predicted octanol–water partition coefficient (Wildman–Crippen LogP) is 5.31. The Bertz CT molecular complexity index is 1240. The van der Waals surface area contributed by atoms with Gasteiger partial charge in [-0.2, -0.15) is 5.10 Å². The van der Waals surface area contributed by atoms with Gasteiger partial charge < -0.3 is 9.47 Å². The van der Waals surface area contributed by atoms with Gasteiger partial charge in [-0.1, -0.05) is 55.5 Å². The number of benzene rings is 2. The number of unbranched alkanes of at least 4 members (excludes halogenated alkanes) is 1. The SMILES string of the molecule is CCCCN1C(=O)/C(=C/c2cn(-c3ccccc3)nc2-c2ccc3c(c2)OCCO3)SC1=S. The van der Waals surface area contributed by atoms with Crippen LogP contribution in [0.1, 0.15) is 25.3 Å². The van der Waals surface area contributed by atoms with Crippen molar-refractivity contribution in [1.29, 1.82) is 0 Å². The van der Waals surface area contributed by atoms with E-state index in [1.165, 1.54) is 11.8 Å². The van der Waals surface area contributed by atoms with Gasteiger partial charge in [0, 0.05) is 23.9 Å². The second kappa shape index (κ2) is 9.41. The number of nitrogens with zero attached hydrogens (tertiary/aromatic N) is 3. The number of carbonyl (C=O) groups excluding carboxylic acids is 1. The molecule has 1 fully saturated rings. The summed E-state index contributed by atoms with van der Waals surface area (Å²) in [5.41, 5.74) is 3.43. The van der Waals surface area contributed by atoms with E-state index in [0.717, 1.165) is 41.1 Å². The zero-order chi connectivity index (χ0) is 22.8. The number of fused-ring (bicyclic) bond motifs is 1. The molecule has 0 radical (unpaired) electrons. The second-order valence-electron chi connectivity index (χ2n) is 7.76. The van der Waals surface area contributed by atoms with Crippen LogP contribution in [0.25, 0.3) is 23.0 Å². The molecule has 0 N–H and O–H groups in total. The zero-order valence-electron chi connectivity index (χ0n) is 18.2. The number of para-hydroxylation sites is 1. The van der Waals surface area contributed by atoms with Crippen molar-refractivity contribution >= 4 is 40.3 Å². The van der Waals surface area contributed by atoms with Crippen molar-refractivity contribution in [3.8, 4) is 28.4 Å². The van der Waals surface area contributed by atoms with Gasteiger partial charge in [-0.05, 0) is 42.8 Å². The minimum Gasteiger partial charge on any atom is -0.486 e. The number of carbonyl (C=O) groups is 1. The van der Waals surface area contributed by atoms with Crippen LogP contribution in [0.2, 0.25) is 0 Å². The molecule has 3 heterocycles. The average Bonchev–Trinajstić information content (AvgIpc) is 3.38. The fraction of sp³-hybridized carbons (Fsp3) is 0.240. The Kier molecular flexibility index (Phi) is 6.20. The third-order valence-corrected chi connectivity index (χ3v) is 6.85. The molecule has 168 valence electrons. The summed E-state index contributed by atoms with van der Waals surface area (Å²) in [7, 11) is 0. The highest BCUT2D eigenvalue weighted by Gasteiger charge is 2.32. The van der Waals surface area contributed by atoms with Crippen LogP contribution in [0.5, 0.6) is 11.5 Å². The third-order valence-electron chi connectivity index (χ3n) is 5.47. The summed E-state index contributed by atoms with van der Waals surface area (Å²) in [6.07, 6.45) is 5.77. The molecule has 3 aromatic rings. The summed E-state index contributed by atoms with van der Waals surface area (Å²) in [6, 6.07) is 15.7. The Morgan fingerprint density at radius 3 is 2.70 bits per heavy atom. The number of thioether (sulfide) groups is 1. The van der Waals surface area contributed by atoms with Crippen LogP contribution in [-0.2, 0) is 4.79 Å². The normalized spacial score (nSPS) is 16.6. The van der Waals surface area contributed by atoms with Crippen molar-refractivity contribution in [2.45, 2.75) is 19.8 Å². The number of thiocarbonyl (C=S) groups is 1. The smallest absolute Gasteiger partial charge is 0.266 e. The Balaban J connectivity index is 1.57. The molecule has 0 bridgehead atoms. The van der Waals surface area contributed by atoms with Crippen LogP contribution in [0.4, 0.5) is 0 Å². The molecule has 0 aliphatic carbocycles. The topological polar surface area (TPSA) is 56.6 Å². The quantitative estimate of drug-likeness (QED) is 0.354. The van der Waals surface area contributed by atoms with Crippen molar-refractivity contribution in [3.63, 3.8) is 0 Å². The summed E-state index contributed by atoms with van der Waals surface area (Å²) in [5.74, 6) is 1.38. The minimum absolute atomic E-state index is 0.0426. The number of hydrogen-bond acceptors (Lipinski definition) is 6. The molecule has 33 heavy (non-hydrogen) atoms. The summed E-state index contributed by atoms with van der Waals surface area (Å²) >= 11 is 6.82. The first-order chi connectivity index (χ1) is 16.1. The predicted molar refractivity (Wildman–Crippen MR) is 135 cm³/mol. The number of ether oxygens (including phenoxy) is 2. The molecule has 2 aliphatic rings. The maximum atomic E-state index is 13.0. The lowest BCUT2D eigenvalue weighted by Gasteiger charge is -2.18. The summed E-state index contributed by atoms with van der Waals surface area (Å²) in [5, 5.41) is 4.86. The van der Waals surface area contributed by atoms with Gasteiger partial charge in [0.2, 0.25) is 0 Å². The second-order valence-corrected chi connectivity index (χ2v) is 9.43. The van der Waals surface area contributed by atoms with Gasteiger partial charge >= 0.3 is 0 Å². The lowest BCUT2D eigenvalue weighted by molar-refractivity contribution is -0.122. The fourth-order valence-electron chi connectivity index (χ4n) is 3.77. The Morgan fingerprint density at radius 1 is 1.12 bits per heavy atom. The Hall–Kier alpha value is -3.10. The van der Waals surface area contributed by atoms with E-state index >= 15 is 0 Å². The molecular formula is C25H23N3O3S2. The van der Waals surface area contributed by atoms with E-state index in [1.807, 2.05) is 65.5 Å². The van der Waals surface area contributed by atoms with Gasteiger partial charge in [-0.15, -0.1) is 0 Å². The van der Waals surface area contributed by atoms with Crippen molar-refractivity contribution < 1.29 is 14.3 Å².